The van der Waals surface area contributed by atoms with Crippen molar-refractivity contribution >= 4 is 83.2 Å². The monoisotopic (exact) mass is 1420 g/mol. The number of benzene rings is 2. The van der Waals surface area contributed by atoms with E-state index in [9.17, 15) is 93.3 Å². The minimum Gasteiger partial charge on any atom is -0.458 e. The van der Waals surface area contributed by atoms with Crippen LogP contribution >= 0.6 is 0 Å². The van der Waals surface area contributed by atoms with E-state index < -0.39 is 231 Å². The van der Waals surface area contributed by atoms with Crippen molar-refractivity contribution in [2.45, 2.75) is 191 Å². The van der Waals surface area contributed by atoms with Crippen LogP contribution in [-0.4, -0.2) is 255 Å². The molecule has 0 saturated carbocycles. The van der Waals surface area contributed by atoms with Gasteiger partial charge in [-0.3, -0.25) is 47.9 Å². The van der Waals surface area contributed by atoms with E-state index in [0.29, 0.717) is 5.56 Å². The minimum atomic E-state index is -2.01. The van der Waals surface area contributed by atoms with Crippen molar-refractivity contribution in [1.29, 1.82) is 0 Å². The maximum Gasteiger partial charge on any atom is 0.333 e. The third kappa shape index (κ3) is 23.9. The van der Waals surface area contributed by atoms with E-state index in [4.69, 9.17) is 29.4 Å². The molecule has 558 valence electrons. The number of rotatable bonds is 19. The van der Waals surface area contributed by atoms with Crippen LogP contribution in [0.1, 0.15) is 91.8 Å². The van der Waals surface area contributed by atoms with Crippen molar-refractivity contribution in [2.75, 3.05) is 33.4 Å². The summed E-state index contributed by atoms with van der Waals surface area (Å²) in [4.78, 5) is 169. The van der Waals surface area contributed by atoms with Gasteiger partial charge >= 0.3 is 11.9 Å². The van der Waals surface area contributed by atoms with Crippen molar-refractivity contribution in [1.82, 2.24) is 47.4 Å². The molecular weight excluding hydrogens is 1330 g/mol. The maximum atomic E-state index is 14.8. The molecule has 0 radical (unpaired) electrons. The molecule has 2 aromatic rings. The fourth-order valence-corrected chi connectivity index (χ4v) is 10.9. The van der Waals surface area contributed by atoms with Crippen LogP contribution < -0.4 is 48.3 Å². The van der Waals surface area contributed by atoms with Crippen LogP contribution in [0.3, 0.4) is 0 Å². The molecule has 18 atom stereocenters. The highest BCUT2D eigenvalue weighted by atomic mass is 16.8. The van der Waals surface area contributed by atoms with Gasteiger partial charge in [0.15, 0.2) is 12.4 Å². The van der Waals surface area contributed by atoms with Gasteiger partial charge in [-0.25, -0.2) is 9.59 Å². The Bertz CT molecular complexity index is 3280. The molecule has 5 rings (SSSR count). The zero-order valence-corrected chi connectivity index (χ0v) is 57.8. The Kier molecular flexibility index (Phi) is 31.8. The summed E-state index contributed by atoms with van der Waals surface area (Å²) in [6, 6.07) is 3.59. The number of aliphatic hydroxyl groups excluding tert-OH is 7. The summed E-state index contributed by atoms with van der Waals surface area (Å²) in [7, 11) is 1.29. The summed E-state index contributed by atoms with van der Waals surface area (Å²) >= 11 is 0. The molecule has 2 aromatic carbocycles. The highest BCUT2D eigenvalue weighted by Gasteiger charge is 2.52. The number of ether oxygens (including phenoxy) is 5. The third-order valence-corrected chi connectivity index (χ3v) is 16.7. The Labute approximate surface area is 583 Å². The number of aliphatic hydroxyl groups is 7. The smallest absolute Gasteiger partial charge is 0.333 e. The van der Waals surface area contributed by atoms with Crippen molar-refractivity contribution in [3.63, 3.8) is 0 Å². The molecule has 10 amide bonds. The van der Waals surface area contributed by atoms with Gasteiger partial charge in [-0.2, -0.15) is 0 Å². The first-order valence-electron chi connectivity index (χ1n) is 33.0. The van der Waals surface area contributed by atoms with Gasteiger partial charge in [0.2, 0.25) is 65.4 Å². The van der Waals surface area contributed by atoms with Crippen LogP contribution in [0.2, 0.25) is 0 Å². The Morgan fingerprint density at radius 2 is 1.15 bits per heavy atom. The summed E-state index contributed by atoms with van der Waals surface area (Å²) in [6.07, 6.45) is -17.1. The van der Waals surface area contributed by atoms with Gasteiger partial charge in [-0.15, -0.1) is 0 Å². The molecule has 0 aliphatic carbocycles. The van der Waals surface area contributed by atoms with Crippen molar-refractivity contribution in [3.05, 3.63) is 83.4 Å². The number of nitrogens with two attached hydrogens (primary N) is 1. The summed E-state index contributed by atoms with van der Waals surface area (Å²) in [5.41, 5.74) is 6.65. The molecule has 1 unspecified atom stereocenters. The fourth-order valence-electron chi connectivity index (χ4n) is 10.9. The third-order valence-electron chi connectivity index (χ3n) is 16.7. The van der Waals surface area contributed by atoms with Gasteiger partial charge in [0, 0.05) is 25.6 Å². The maximum absolute atomic E-state index is 14.8. The SMILES string of the molecule is CC(C)C[C@@H]1NC(=O)[C@@H](C(C)C)NC(=O)CNC(=O)CNC(=O)[C@@H](C(C)C)NC(=O)[C@H](Cc2ccccc2)N(C)C(=O)[C@H](C(C)C)NC(=O)[C@@H](CC(N)=O)NC(=O)[C@H](NC(=O)/C=C/c2ccccc2/C=C/C(=O)O[C@@H]2O[C@H](CO)[C@@H](O)[C@H](O)[C@H]2OC2O[C@@H](CO)[C@H](O)[C@@H](O)[C@@H]2O)[C@@H](C)OC1=O. The van der Waals surface area contributed by atoms with Gasteiger partial charge in [0.1, 0.15) is 91.1 Å². The second-order valence-corrected chi connectivity index (χ2v) is 26.2. The molecule has 3 aliphatic heterocycles. The normalized spacial score (nSPS) is 30.1. The number of hydrogen-bond acceptors (Lipinski definition) is 24. The van der Waals surface area contributed by atoms with E-state index >= 15 is 0 Å². The van der Waals surface area contributed by atoms with Crippen LogP contribution in [0.5, 0.6) is 0 Å². The largest absolute Gasteiger partial charge is 0.458 e. The molecular formula is C67H96N10O24. The van der Waals surface area contributed by atoms with Gasteiger partial charge in [-0.1, -0.05) is 110 Å². The topological polar surface area (TPSA) is 518 Å². The number of carbonyl (C=O) groups excluding carboxylic acids is 12. The van der Waals surface area contributed by atoms with E-state index in [1.165, 1.54) is 50.4 Å². The number of primary amides is 1. The van der Waals surface area contributed by atoms with Crippen LogP contribution in [-0.2, 0) is 87.6 Å². The zero-order chi connectivity index (χ0) is 75.3. The van der Waals surface area contributed by atoms with E-state index in [-0.39, 0.29) is 29.9 Å². The average Bonchev–Trinajstić information content (AvgIpc) is 0.774. The van der Waals surface area contributed by atoms with Crippen molar-refractivity contribution < 1.29 is 117 Å². The number of amides is 10. The molecule has 34 nitrogen and oxygen atoms in total. The molecule has 3 saturated heterocycles. The molecule has 101 heavy (non-hydrogen) atoms. The number of nitrogens with one attached hydrogen (secondary N) is 8. The van der Waals surface area contributed by atoms with E-state index in [1.807, 2.05) is 0 Å². The molecule has 0 aromatic heterocycles. The molecule has 34 heteroatoms. The van der Waals surface area contributed by atoms with Crippen molar-refractivity contribution in [2.24, 2.45) is 29.4 Å². The number of likely N-dealkylation sites (N-methyl/N-ethyl adjacent to an activating group) is 1. The van der Waals surface area contributed by atoms with Crippen LogP contribution in [0, 0.1) is 23.7 Å². The van der Waals surface area contributed by atoms with E-state index in [1.54, 1.807) is 85.7 Å². The predicted molar refractivity (Wildman–Crippen MR) is 355 cm³/mol. The lowest BCUT2D eigenvalue weighted by molar-refractivity contribution is -0.362. The summed E-state index contributed by atoms with van der Waals surface area (Å²) < 4.78 is 27.8. The van der Waals surface area contributed by atoms with Crippen molar-refractivity contribution in [3.8, 4) is 0 Å². The van der Waals surface area contributed by atoms with Gasteiger partial charge < -0.3 is 113 Å². The average molecular weight is 1430 g/mol. The summed E-state index contributed by atoms with van der Waals surface area (Å²) in [6.45, 7) is 11.0. The first-order valence-corrected chi connectivity index (χ1v) is 33.0. The Hall–Kier alpha value is -8.84. The first kappa shape index (κ1) is 82.8. The number of carbonyl (C=O) groups is 12. The van der Waals surface area contributed by atoms with Crippen LogP contribution in [0.25, 0.3) is 12.2 Å². The number of nitrogens with zero attached hydrogens (tertiary/aromatic N) is 1. The lowest BCUT2D eigenvalue weighted by atomic mass is 9.97. The lowest BCUT2D eigenvalue weighted by Crippen LogP contribution is -2.64. The highest BCUT2D eigenvalue weighted by Crippen LogP contribution is 2.30. The molecule has 3 fully saturated rings. The number of esters is 2. The number of cyclic esters (lactones) is 1. The molecule has 0 bridgehead atoms. The second-order valence-electron chi connectivity index (χ2n) is 26.2. The molecule has 0 spiro atoms. The first-order chi connectivity index (χ1) is 47.6. The highest BCUT2D eigenvalue weighted by molar-refractivity contribution is 6.00. The molecule has 17 N–H and O–H groups in total. The molecule has 3 heterocycles. The second kappa shape index (κ2) is 38.8. The zero-order valence-electron chi connectivity index (χ0n) is 57.8. The summed E-state index contributed by atoms with van der Waals surface area (Å²) in [5.74, 6) is -14.4. The quantitative estimate of drug-likeness (QED) is 0.0462. The predicted octanol–water partition coefficient (Wildman–Crippen LogP) is -5.07. The number of hydrogen-bond donors (Lipinski definition) is 16. The Morgan fingerprint density at radius 1 is 0.614 bits per heavy atom. The Balaban J connectivity index is 1.51. The van der Waals surface area contributed by atoms with Gasteiger partial charge in [-0.05, 0) is 65.9 Å². The fraction of sp³-hybridized carbons (Fsp3) is 0.582. The molecule has 3 aliphatic rings. The van der Waals surface area contributed by atoms with Crippen LogP contribution in [0.15, 0.2) is 66.7 Å². The minimum absolute atomic E-state index is 0.0955. The van der Waals surface area contributed by atoms with Gasteiger partial charge in [0.05, 0.1) is 32.7 Å². The standard InChI is InChI=1S/C67H96N10O24/c1-31(2)24-40-65(96)97-35(9)52(73-45(81)22-20-37-18-14-15-19-38(37)21-23-48(84)100-67-58(56(88)54(86)43(30-79)99-67)101-66-57(89)55(87)53(85)42(29-78)98-66)63(94)71-39(26-44(68)80)59(90)76-51(34(7)8)64(95)77(10)41(25-36-16-12-11-13-17-36)60(91)75-49(32(3)4)61(92)70-27-46(82)69-28-47(83)74-50(33(5)6)62(93)72-40/h11-23,31-35,39-43,49-58,66-67,78-79,85-89H,24-30H2,1-10H3,(H2,68,80)(H,69,82)(H,70,92)(H,71,94)(H,72,93)(H,73,81)(H,74,83)(H,75,91)(H,76,90)/b22-20+,23-21+/t35-,39-,40+,41+,42+,43-,49-,50-,51+,52-,53+,54-,55-,56+,57+,58-,66?,67+/m1/s1. The lowest BCUT2D eigenvalue weighted by Gasteiger charge is -2.45. The van der Waals surface area contributed by atoms with Gasteiger partial charge in [0.25, 0.3) is 0 Å². The van der Waals surface area contributed by atoms with Crippen LogP contribution in [0.4, 0.5) is 0 Å². The van der Waals surface area contributed by atoms with E-state index in [0.717, 1.165) is 17.1 Å². The van der Waals surface area contributed by atoms with E-state index in [2.05, 4.69) is 42.5 Å². The summed E-state index contributed by atoms with van der Waals surface area (Å²) in [5, 5.41) is 92.6. The Morgan fingerprint density at radius 3 is 1.72 bits per heavy atom.